The first-order valence-corrected chi connectivity index (χ1v) is 10.6. The molecular formula is C16H26N2O5S. The highest BCUT2D eigenvalue weighted by atomic mass is 32.2. The van der Waals surface area contributed by atoms with Crippen molar-refractivity contribution in [3.05, 3.63) is 0 Å². The van der Waals surface area contributed by atoms with Gasteiger partial charge in [-0.15, -0.1) is 0 Å². The third-order valence-electron chi connectivity index (χ3n) is 5.64. The molecule has 0 aromatic rings. The van der Waals surface area contributed by atoms with E-state index in [0.717, 1.165) is 51.6 Å². The molecule has 2 saturated carbocycles. The van der Waals surface area contributed by atoms with Gasteiger partial charge in [0.05, 0.1) is 24.0 Å². The molecule has 24 heavy (non-hydrogen) atoms. The molecule has 4 fully saturated rings. The lowest BCUT2D eigenvalue weighted by Crippen LogP contribution is -2.54. The van der Waals surface area contributed by atoms with Gasteiger partial charge in [-0.05, 0) is 38.5 Å². The third-order valence-corrected chi connectivity index (χ3v) is 8.06. The lowest BCUT2D eigenvalue weighted by Gasteiger charge is -2.38. The molecule has 4 rings (SSSR count). The van der Waals surface area contributed by atoms with E-state index in [-0.39, 0.29) is 36.0 Å². The number of amides is 1. The van der Waals surface area contributed by atoms with Crippen LogP contribution in [0.3, 0.4) is 0 Å². The highest BCUT2D eigenvalue weighted by molar-refractivity contribution is 7.90. The Morgan fingerprint density at radius 1 is 1.08 bits per heavy atom. The van der Waals surface area contributed by atoms with E-state index in [2.05, 4.69) is 0 Å². The van der Waals surface area contributed by atoms with Crippen LogP contribution in [0.25, 0.3) is 0 Å². The van der Waals surface area contributed by atoms with Crippen molar-refractivity contribution in [1.29, 1.82) is 0 Å². The van der Waals surface area contributed by atoms with Crippen LogP contribution in [0.1, 0.15) is 38.5 Å². The van der Waals surface area contributed by atoms with Crippen molar-refractivity contribution in [2.45, 2.75) is 62.0 Å². The smallest absolute Gasteiger partial charge is 0.248 e. The molecule has 0 aromatic heterocycles. The maximum Gasteiger partial charge on any atom is 0.248 e. The molecule has 3 atom stereocenters. The number of hydrogen-bond acceptors (Lipinski definition) is 5. The minimum atomic E-state index is -3.19. The van der Waals surface area contributed by atoms with Crippen LogP contribution in [0.15, 0.2) is 0 Å². The molecule has 2 aliphatic carbocycles. The Morgan fingerprint density at radius 2 is 1.83 bits per heavy atom. The molecule has 0 bridgehead atoms. The molecule has 0 radical (unpaired) electrons. The monoisotopic (exact) mass is 358 g/mol. The summed E-state index contributed by atoms with van der Waals surface area (Å²) in [6, 6.07) is -0.128. The second kappa shape index (κ2) is 6.55. The van der Waals surface area contributed by atoms with E-state index >= 15 is 0 Å². The molecule has 0 aromatic carbocycles. The zero-order chi connectivity index (χ0) is 16.7. The Morgan fingerprint density at radius 3 is 2.54 bits per heavy atom. The first-order chi connectivity index (χ1) is 11.6. The summed E-state index contributed by atoms with van der Waals surface area (Å²) in [7, 11) is -3.19. The second-order valence-corrected chi connectivity index (χ2v) is 9.44. The number of rotatable bonds is 5. The topological polar surface area (TPSA) is 76.1 Å². The van der Waals surface area contributed by atoms with Gasteiger partial charge < -0.3 is 14.4 Å². The Kier molecular flexibility index (Phi) is 4.57. The Balaban J connectivity index is 1.36. The van der Waals surface area contributed by atoms with Gasteiger partial charge in [0.25, 0.3) is 0 Å². The van der Waals surface area contributed by atoms with Gasteiger partial charge in [-0.3, -0.25) is 4.79 Å². The lowest BCUT2D eigenvalue weighted by atomic mass is 10.1. The minimum absolute atomic E-state index is 0.0363. The number of hydrogen-bond donors (Lipinski definition) is 0. The van der Waals surface area contributed by atoms with Gasteiger partial charge in [-0.1, -0.05) is 0 Å². The van der Waals surface area contributed by atoms with Gasteiger partial charge >= 0.3 is 0 Å². The van der Waals surface area contributed by atoms with E-state index in [1.165, 1.54) is 0 Å². The van der Waals surface area contributed by atoms with Crippen LogP contribution >= 0.6 is 0 Å². The fourth-order valence-corrected chi connectivity index (χ4v) is 6.22. The zero-order valence-corrected chi connectivity index (χ0v) is 14.7. The molecule has 2 aliphatic heterocycles. The molecule has 0 N–H and O–H groups in total. The summed E-state index contributed by atoms with van der Waals surface area (Å²) in [5, 5.41) is -0.187. The van der Waals surface area contributed by atoms with Crippen molar-refractivity contribution in [3.63, 3.8) is 0 Å². The largest absolute Gasteiger partial charge is 0.372 e. The summed E-state index contributed by atoms with van der Waals surface area (Å²) in [5.41, 5.74) is 0. The van der Waals surface area contributed by atoms with Gasteiger partial charge in [-0.2, -0.15) is 4.31 Å². The normalized spacial score (nSPS) is 34.5. The number of fused-ring (bicyclic) bond motifs is 1. The van der Waals surface area contributed by atoms with E-state index in [1.54, 1.807) is 4.31 Å². The van der Waals surface area contributed by atoms with E-state index in [0.29, 0.717) is 13.2 Å². The fraction of sp³-hybridized carbons (Fsp3) is 0.938. The number of carbonyl (C=O) groups is 1. The first-order valence-electron chi connectivity index (χ1n) is 9.09. The van der Waals surface area contributed by atoms with Gasteiger partial charge in [0.2, 0.25) is 15.9 Å². The maximum atomic E-state index is 12.6. The van der Waals surface area contributed by atoms with E-state index < -0.39 is 10.0 Å². The average molecular weight is 358 g/mol. The molecule has 136 valence electrons. The standard InChI is InChI=1S/C16H26N2O5S/c19-15(17-7-1-2-8-17)11-23-14-6-5-13-16(14)22-10-9-18(13)24(20,21)12-3-4-12/h12-14,16H,1-11H2/t13-,14+,16+/m0/s1. The molecule has 2 saturated heterocycles. The molecule has 0 spiro atoms. The third kappa shape index (κ3) is 3.09. The van der Waals surface area contributed by atoms with Gasteiger partial charge in [0.1, 0.15) is 12.7 Å². The number of likely N-dealkylation sites (tertiary alicyclic amines) is 1. The van der Waals surface area contributed by atoms with Gasteiger partial charge in [0.15, 0.2) is 0 Å². The Hall–Kier alpha value is -0.700. The van der Waals surface area contributed by atoms with Crippen LogP contribution in [0.5, 0.6) is 0 Å². The Labute approximate surface area is 143 Å². The summed E-state index contributed by atoms with van der Waals surface area (Å²) >= 11 is 0. The lowest BCUT2D eigenvalue weighted by molar-refractivity contribution is -0.143. The minimum Gasteiger partial charge on any atom is -0.372 e. The highest BCUT2D eigenvalue weighted by Gasteiger charge is 2.51. The maximum absolute atomic E-state index is 12.6. The molecule has 4 aliphatic rings. The summed E-state index contributed by atoms with van der Waals surface area (Å²) in [4.78, 5) is 14.0. The van der Waals surface area contributed by atoms with Crippen LogP contribution in [0, 0.1) is 0 Å². The molecule has 7 nitrogen and oxygen atoms in total. The fourth-order valence-electron chi connectivity index (χ4n) is 4.17. The molecule has 0 unspecified atom stereocenters. The number of ether oxygens (including phenoxy) is 2. The number of nitrogens with zero attached hydrogens (tertiary/aromatic N) is 2. The first kappa shape index (κ1) is 16.8. The van der Waals surface area contributed by atoms with Crippen molar-refractivity contribution in [1.82, 2.24) is 9.21 Å². The molecular weight excluding hydrogens is 332 g/mol. The number of morpholine rings is 1. The van der Waals surface area contributed by atoms with Crippen molar-refractivity contribution < 1.29 is 22.7 Å². The molecule has 1 amide bonds. The van der Waals surface area contributed by atoms with Crippen molar-refractivity contribution in [3.8, 4) is 0 Å². The predicted octanol–water partition coefficient (Wildman–Crippen LogP) is 0.349. The average Bonchev–Trinajstić information content (AvgIpc) is 3.15. The zero-order valence-electron chi connectivity index (χ0n) is 13.9. The van der Waals surface area contributed by atoms with Crippen molar-refractivity contribution in [2.24, 2.45) is 0 Å². The van der Waals surface area contributed by atoms with E-state index in [1.807, 2.05) is 4.90 Å². The van der Waals surface area contributed by atoms with Crippen LogP contribution in [0.2, 0.25) is 0 Å². The highest BCUT2D eigenvalue weighted by Crippen LogP contribution is 2.38. The Bertz CT molecular complexity index is 585. The number of carbonyl (C=O) groups excluding carboxylic acids is 1. The predicted molar refractivity (Wildman–Crippen MR) is 87.0 cm³/mol. The van der Waals surface area contributed by atoms with Crippen LogP contribution in [-0.4, -0.2) is 79.9 Å². The molecule has 2 heterocycles. The van der Waals surface area contributed by atoms with Crippen molar-refractivity contribution >= 4 is 15.9 Å². The quantitative estimate of drug-likeness (QED) is 0.709. The van der Waals surface area contributed by atoms with E-state index in [4.69, 9.17) is 9.47 Å². The SMILES string of the molecule is O=C(CO[C@@H]1CC[C@H]2[C@H]1OCCN2S(=O)(=O)C1CC1)N1CCCC1. The summed E-state index contributed by atoms with van der Waals surface area (Å²) in [5.74, 6) is 0.0363. The summed E-state index contributed by atoms with van der Waals surface area (Å²) in [6.45, 7) is 2.57. The van der Waals surface area contributed by atoms with Crippen LogP contribution in [-0.2, 0) is 24.3 Å². The van der Waals surface area contributed by atoms with Crippen LogP contribution < -0.4 is 0 Å². The van der Waals surface area contributed by atoms with Gasteiger partial charge in [-0.25, -0.2) is 8.42 Å². The molecule has 8 heteroatoms. The second-order valence-electron chi connectivity index (χ2n) is 7.27. The van der Waals surface area contributed by atoms with Crippen LogP contribution in [0.4, 0.5) is 0 Å². The number of sulfonamides is 1. The summed E-state index contributed by atoms with van der Waals surface area (Å²) in [6.07, 6.45) is 4.77. The van der Waals surface area contributed by atoms with Gasteiger partial charge in [0, 0.05) is 19.6 Å². The van der Waals surface area contributed by atoms with E-state index in [9.17, 15) is 13.2 Å². The summed E-state index contributed by atoms with van der Waals surface area (Å²) < 4.78 is 38.6. The van der Waals surface area contributed by atoms with Crippen molar-refractivity contribution in [2.75, 3.05) is 32.8 Å².